The number of hydrogen-bond donors (Lipinski definition) is 2. The van der Waals surface area contributed by atoms with E-state index in [1.54, 1.807) is 18.2 Å². The van der Waals surface area contributed by atoms with Gasteiger partial charge in [-0.05, 0) is 31.4 Å². The van der Waals surface area contributed by atoms with Crippen molar-refractivity contribution >= 4 is 5.91 Å². The minimum atomic E-state index is -0.798. The zero-order valence-electron chi connectivity index (χ0n) is 11.3. The van der Waals surface area contributed by atoms with Gasteiger partial charge in [-0.15, -0.1) is 0 Å². The Balaban J connectivity index is 1.70. The number of aliphatic hydroxyl groups is 1. The van der Waals surface area contributed by atoms with Crippen molar-refractivity contribution in [3.05, 3.63) is 41.8 Å². The first-order valence-electron chi connectivity index (χ1n) is 6.80. The smallest absolute Gasteiger partial charge is 0.273 e. The summed E-state index contributed by atoms with van der Waals surface area (Å²) in [5, 5.41) is 16.2. The van der Waals surface area contributed by atoms with E-state index in [-0.39, 0.29) is 23.6 Å². The molecule has 0 radical (unpaired) electrons. The highest BCUT2D eigenvalue weighted by atomic mass is 19.1. The van der Waals surface area contributed by atoms with E-state index in [9.17, 15) is 14.3 Å². The summed E-state index contributed by atoms with van der Waals surface area (Å²) in [5.74, 6) is -0.688. The minimum Gasteiger partial charge on any atom is -0.388 e. The fourth-order valence-corrected chi connectivity index (χ4v) is 2.27. The SMILES string of the molecule is O=C(NCC1(O)CCC1)c1cc(-c2ccccc2F)on1. The summed E-state index contributed by atoms with van der Waals surface area (Å²) >= 11 is 0. The van der Waals surface area contributed by atoms with Crippen LogP contribution in [0.4, 0.5) is 4.39 Å². The number of carbonyl (C=O) groups is 1. The van der Waals surface area contributed by atoms with Gasteiger partial charge in [0, 0.05) is 12.6 Å². The summed E-state index contributed by atoms with van der Waals surface area (Å²) < 4.78 is 18.6. The van der Waals surface area contributed by atoms with E-state index in [1.807, 2.05) is 0 Å². The number of hydrogen-bond acceptors (Lipinski definition) is 4. The zero-order chi connectivity index (χ0) is 14.9. The second kappa shape index (κ2) is 5.29. The van der Waals surface area contributed by atoms with Crippen LogP contribution in [0.3, 0.4) is 0 Å². The average Bonchev–Trinajstić information content (AvgIpc) is 2.93. The van der Waals surface area contributed by atoms with Crippen molar-refractivity contribution in [2.24, 2.45) is 0 Å². The fraction of sp³-hybridized carbons (Fsp3) is 0.333. The molecule has 6 heteroatoms. The van der Waals surface area contributed by atoms with Gasteiger partial charge in [-0.3, -0.25) is 4.79 Å². The van der Waals surface area contributed by atoms with E-state index in [0.29, 0.717) is 12.8 Å². The Hall–Kier alpha value is -2.21. The monoisotopic (exact) mass is 290 g/mol. The van der Waals surface area contributed by atoms with Crippen molar-refractivity contribution in [3.63, 3.8) is 0 Å². The number of amides is 1. The molecule has 1 heterocycles. The van der Waals surface area contributed by atoms with Gasteiger partial charge in [-0.1, -0.05) is 17.3 Å². The summed E-state index contributed by atoms with van der Waals surface area (Å²) in [7, 11) is 0. The Labute approximate surface area is 120 Å². The highest BCUT2D eigenvalue weighted by Crippen LogP contribution is 2.30. The summed E-state index contributed by atoms with van der Waals surface area (Å²) in [4.78, 5) is 11.9. The maximum atomic E-state index is 13.6. The van der Waals surface area contributed by atoms with Crippen LogP contribution in [0.5, 0.6) is 0 Å². The van der Waals surface area contributed by atoms with Crippen LogP contribution in [-0.4, -0.2) is 28.3 Å². The lowest BCUT2D eigenvalue weighted by Crippen LogP contribution is -2.47. The Morgan fingerprint density at radius 1 is 1.43 bits per heavy atom. The molecule has 2 N–H and O–H groups in total. The minimum absolute atomic E-state index is 0.0659. The van der Waals surface area contributed by atoms with Crippen LogP contribution in [-0.2, 0) is 0 Å². The molecule has 2 aromatic rings. The molecule has 0 unspecified atom stereocenters. The van der Waals surface area contributed by atoms with Crippen molar-refractivity contribution in [2.45, 2.75) is 24.9 Å². The largest absolute Gasteiger partial charge is 0.388 e. The fourth-order valence-electron chi connectivity index (χ4n) is 2.27. The van der Waals surface area contributed by atoms with Crippen LogP contribution in [0.1, 0.15) is 29.8 Å². The van der Waals surface area contributed by atoms with E-state index in [1.165, 1.54) is 12.1 Å². The van der Waals surface area contributed by atoms with E-state index in [4.69, 9.17) is 4.52 Å². The van der Waals surface area contributed by atoms with Crippen LogP contribution >= 0.6 is 0 Å². The molecule has 1 fully saturated rings. The molecule has 5 nitrogen and oxygen atoms in total. The highest BCUT2D eigenvalue weighted by Gasteiger charge is 2.34. The molecule has 1 amide bonds. The van der Waals surface area contributed by atoms with Crippen LogP contribution in [0, 0.1) is 5.82 Å². The van der Waals surface area contributed by atoms with E-state index < -0.39 is 17.3 Å². The molecule has 0 spiro atoms. The topological polar surface area (TPSA) is 75.4 Å². The van der Waals surface area contributed by atoms with Crippen LogP contribution in [0.25, 0.3) is 11.3 Å². The molecule has 1 aromatic carbocycles. The number of rotatable bonds is 4. The average molecular weight is 290 g/mol. The van der Waals surface area contributed by atoms with Crippen LogP contribution in [0.2, 0.25) is 0 Å². The predicted octanol–water partition coefficient (Wildman–Crippen LogP) is 2.13. The standard InChI is InChI=1S/C15H15FN2O3/c16-11-5-2-1-4-10(11)13-8-12(18-21-13)14(19)17-9-15(20)6-3-7-15/h1-2,4-5,8,20H,3,6-7,9H2,(H,17,19). The molecular weight excluding hydrogens is 275 g/mol. The first kappa shape index (κ1) is 13.8. The van der Waals surface area contributed by atoms with Crippen molar-refractivity contribution in [3.8, 4) is 11.3 Å². The van der Waals surface area contributed by atoms with Gasteiger partial charge in [0.05, 0.1) is 11.2 Å². The lowest BCUT2D eigenvalue weighted by atomic mass is 9.80. The molecule has 1 aliphatic carbocycles. The number of nitrogens with one attached hydrogen (secondary N) is 1. The maximum Gasteiger partial charge on any atom is 0.273 e. The van der Waals surface area contributed by atoms with Gasteiger partial charge in [-0.2, -0.15) is 0 Å². The van der Waals surface area contributed by atoms with Crippen molar-refractivity contribution < 1.29 is 18.8 Å². The molecule has 0 atom stereocenters. The molecule has 1 saturated carbocycles. The van der Waals surface area contributed by atoms with Gasteiger partial charge in [0.2, 0.25) is 0 Å². The highest BCUT2D eigenvalue weighted by molar-refractivity contribution is 5.93. The molecule has 1 aliphatic rings. The van der Waals surface area contributed by atoms with Gasteiger partial charge in [0.25, 0.3) is 5.91 Å². The lowest BCUT2D eigenvalue weighted by Gasteiger charge is -2.36. The summed E-state index contributed by atoms with van der Waals surface area (Å²) in [6.07, 6.45) is 2.34. The van der Waals surface area contributed by atoms with Crippen LogP contribution in [0.15, 0.2) is 34.9 Å². The predicted molar refractivity (Wildman–Crippen MR) is 73.0 cm³/mol. The number of carbonyl (C=O) groups excluding carboxylic acids is 1. The zero-order valence-corrected chi connectivity index (χ0v) is 11.3. The van der Waals surface area contributed by atoms with Gasteiger partial charge in [0.15, 0.2) is 11.5 Å². The normalized spacial score (nSPS) is 16.3. The third-order valence-corrected chi connectivity index (χ3v) is 3.74. The number of halogens is 1. The Kier molecular flexibility index (Phi) is 3.47. The second-order valence-corrected chi connectivity index (χ2v) is 5.32. The molecule has 21 heavy (non-hydrogen) atoms. The summed E-state index contributed by atoms with van der Waals surface area (Å²) in [5.41, 5.74) is -0.480. The van der Waals surface area contributed by atoms with E-state index in [2.05, 4.69) is 10.5 Å². The molecule has 0 bridgehead atoms. The first-order chi connectivity index (χ1) is 10.1. The quantitative estimate of drug-likeness (QED) is 0.904. The van der Waals surface area contributed by atoms with E-state index in [0.717, 1.165) is 6.42 Å². The van der Waals surface area contributed by atoms with Gasteiger partial charge >= 0.3 is 0 Å². The molecule has 110 valence electrons. The van der Waals surface area contributed by atoms with Crippen LogP contribution < -0.4 is 5.32 Å². The number of nitrogens with zero attached hydrogens (tertiary/aromatic N) is 1. The Morgan fingerprint density at radius 3 is 2.86 bits per heavy atom. The molecule has 0 aliphatic heterocycles. The molecule has 0 saturated heterocycles. The van der Waals surface area contributed by atoms with Crippen molar-refractivity contribution in [1.82, 2.24) is 10.5 Å². The second-order valence-electron chi connectivity index (χ2n) is 5.32. The Bertz CT molecular complexity index is 664. The van der Waals surface area contributed by atoms with Gasteiger partial charge < -0.3 is 14.9 Å². The molecule has 3 rings (SSSR count). The lowest BCUT2D eigenvalue weighted by molar-refractivity contribution is -0.0301. The third kappa shape index (κ3) is 2.80. The van der Waals surface area contributed by atoms with Gasteiger partial charge in [-0.25, -0.2) is 4.39 Å². The Morgan fingerprint density at radius 2 is 2.19 bits per heavy atom. The van der Waals surface area contributed by atoms with Crippen molar-refractivity contribution in [2.75, 3.05) is 6.54 Å². The number of benzene rings is 1. The summed E-state index contributed by atoms with van der Waals surface area (Å²) in [6, 6.07) is 7.49. The molecule has 1 aromatic heterocycles. The molecular formula is C15H15FN2O3. The summed E-state index contributed by atoms with van der Waals surface area (Å²) in [6.45, 7) is 0.188. The first-order valence-corrected chi connectivity index (χ1v) is 6.80. The van der Waals surface area contributed by atoms with Crippen molar-refractivity contribution in [1.29, 1.82) is 0 Å². The van der Waals surface area contributed by atoms with Gasteiger partial charge in [0.1, 0.15) is 5.82 Å². The maximum absolute atomic E-state index is 13.6. The third-order valence-electron chi connectivity index (χ3n) is 3.74. The number of aromatic nitrogens is 1. The van der Waals surface area contributed by atoms with E-state index >= 15 is 0 Å².